The van der Waals surface area contributed by atoms with Gasteiger partial charge < -0.3 is 10.6 Å². The van der Waals surface area contributed by atoms with Gasteiger partial charge in [-0.25, -0.2) is 28.7 Å². The molecule has 164 valence electrons. The number of likely N-dealkylation sites (tertiary alicyclic amines) is 1. The SMILES string of the molecule is Cc1ncc(C(=O)N2C[C@H](c3nc4c5cc(F)cc(F)c5nc(N)n4n3)CC[C@@H]2I)cn1. The second-order valence-electron chi connectivity index (χ2n) is 7.64. The fraction of sp³-hybridized carbons (Fsp3) is 0.300. The Morgan fingerprint density at radius 3 is 2.69 bits per heavy atom. The molecule has 0 saturated carbocycles. The Hall–Kier alpha value is -3.03. The van der Waals surface area contributed by atoms with E-state index in [-0.39, 0.29) is 38.4 Å². The number of nitrogen functional groups attached to an aromatic ring is 1. The van der Waals surface area contributed by atoms with E-state index in [1.165, 1.54) is 16.9 Å². The first-order chi connectivity index (χ1) is 15.3. The van der Waals surface area contributed by atoms with Gasteiger partial charge in [0.2, 0.25) is 5.95 Å². The van der Waals surface area contributed by atoms with Crippen molar-refractivity contribution in [2.75, 3.05) is 12.3 Å². The summed E-state index contributed by atoms with van der Waals surface area (Å²) in [6, 6.07) is 1.91. The van der Waals surface area contributed by atoms with E-state index in [2.05, 4.69) is 47.6 Å². The Kier molecular flexibility index (Phi) is 5.10. The molecule has 0 spiro atoms. The summed E-state index contributed by atoms with van der Waals surface area (Å²) < 4.78 is 29.3. The predicted molar refractivity (Wildman–Crippen MR) is 120 cm³/mol. The number of alkyl halides is 1. The van der Waals surface area contributed by atoms with Crippen LogP contribution in [0.4, 0.5) is 14.7 Å². The Balaban J connectivity index is 1.52. The van der Waals surface area contributed by atoms with E-state index in [1.54, 1.807) is 11.8 Å². The quantitative estimate of drug-likeness (QED) is 0.232. The molecule has 4 aromatic rings. The third-order valence-corrected chi connectivity index (χ3v) is 6.79. The molecule has 1 saturated heterocycles. The summed E-state index contributed by atoms with van der Waals surface area (Å²) in [5, 5.41) is 4.64. The maximum absolute atomic E-state index is 14.2. The highest BCUT2D eigenvalue weighted by Crippen LogP contribution is 2.33. The molecule has 12 heteroatoms. The first kappa shape index (κ1) is 20.8. The fourth-order valence-electron chi connectivity index (χ4n) is 3.87. The zero-order valence-electron chi connectivity index (χ0n) is 16.8. The lowest BCUT2D eigenvalue weighted by Gasteiger charge is -2.35. The Morgan fingerprint density at radius 2 is 1.94 bits per heavy atom. The van der Waals surface area contributed by atoms with Crippen molar-refractivity contribution in [3.8, 4) is 0 Å². The smallest absolute Gasteiger partial charge is 0.257 e. The highest BCUT2D eigenvalue weighted by molar-refractivity contribution is 14.1. The summed E-state index contributed by atoms with van der Waals surface area (Å²) in [5.41, 5.74) is 6.53. The van der Waals surface area contributed by atoms with Crippen LogP contribution in [0.1, 0.15) is 40.8 Å². The number of fused-ring (bicyclic) bond motifs is 3. The van der Waals surface area contributed by atoms with Crippen molar-refractivity contribution in [1.29, 1.82) is 0 Å². The molecular weight excluding hydrogens is 533 g/mol. The number of amides is 1. The Labute approximate surface area is 194 Å². The first-order valence-corrected chi connectivity index (χ1v) is 11.1. The average Bonchev–Trinajstić information content (AvgIpc) is 3.22. The molecular formula is C20H17F2IN8O. The van der Waals surface area contributed by atoms with E-state index < -0.39 is 11.6 Å². The zero-order valence-corrected chi connectivity index (χ0v) is 19.0. The largest absolute Gasteiger partial charge is 0.368 e. The number of hydrogen-bond acceptors (Lipinski definition) is 7. The molecule has 5 rings (SSSR count). The molecule has 2 N–H and O–H groups in total. The second-order valence-corrected chi connectivity index (χ2v) is 9.08. The number of aromatic nitrogens is 6. The maximum Gasteiger partial charge on any atom is 0.257 e. The van der Waals surface area contributed by atoms with Gasteiger partial charge in [-0.05, 0) is 25.8 Å². The van der Waals surface area contributed by atoms with Crippen molar-refractivity contribution < 1.29 is 13.6 Å². The maximum atomic E-state index is 14.2. The van der Waals surface area contributed by atoms with Gasteiger partial charge >= 0.3 is 0 Å². The number of nitrogens with two attached hydrogens (primary N) is 1. The molecule has 0 unspecified atom stereocenters. The zero-order chi connectivity index (χ0) is 22.6. The van der Waals surface area contributed by atoms with Crippen LogP contribution in [0.15, 0.2) is 24.5 Å². The molecule has 32 heavy (non-hydrogen) atoms. The van der Waals surface area contributed by atoms with Crippen LogP contribution < -0.4 is 5.73 Å². The topological polar surface area (TPSA) is 115 Å². The van der Waals surface area contributed by atoms with E-state index in [4.69, 9.17) is 5.73 Å². The number of aryl methyl sites for hydroxylation is 1. The van der Waals surface area contributed by atoms with Crippen LogP contribution in [0.3, 0.4) is 0 Å². The van der Waals surface area contributed by atoms with Crippen molar-refractivity contribution >= 4 is 51.0 Å². The van der Waals surface area contributed by atoms with Crippen molar-refractivity contribution in [3.63, 3.8) is 0 Å². The van der Waals surface area contributed by atoms with E-state index in [9.17, 15) is 13.6 Å². The summed E-state index contributed by atoms with van der Waals surface area (Å²) in [5.74, 6) is -0.931. The van der Waals surface area contributed by atoms with E-state index in [0.29, 0.717) is 23.8 Å². The third-order valence-electron chi connectivity index (χ3n) is 5.50. The molecule has 9 nitrogen and oxygen atoms in total. The number of rotatable bonds is 2. The van der Waals surface area contributed by atoms with Crippen molar-refractivity contribution in [1.82, 2.24) is 34.4 Å². The van der Waals surface area contributed by atoms with Gasteiger partial charge in [0, 0.05) is 30.9 Å². The minimum Gasteiger partial charge on any atom is -0.368 e. The summed E-state index contributed by atoms with van der Waals surface area (Å²) in [6.07, 6.45) is 4.51. The van der Waals surface area contributed by atoms with Gasteiger partial charge in [0.25, 0.3) is 5.91 Å². The molecule has 1 aliphatic heterocycles. The lowest BCUT2D eigenvalue weighted by molar-refractivity contribution is 0.0688. The molecule has 1 aliphatic rings. The van der Waals surface area contributed by atoms with E-state index >= 15 is 0 Å². The standard InChI is InChI=1S/C20H17F2IN8O/c1-9-25-6-11(7-26-9)19(32)30-8-10(2-3-15(30)23)17-28-18-13-4-12(21)5-14(22)16(13)27-20(24)31(18)29-17/h4-7,10,15H,2-3,8H2,1H3,(H2,24,27)/t10-,15-/m1/s1. The number of carbonyl (C=O) groups is 1. The van der Waals surface area contributed by atoms with Crippen molar-refractivity contribution in [3.05, 3.63) is 53.4 Å². The van der Waals surface area contributed by atoms with Crippen molar-refractivity contribution in [2.45, 2.75) is 29.7 Å². The number of hydrogen-bond donors (Lipinski definition) is 1. The molecule has 1 fully saturated rings. The molecule has 1 aromatic carbocycles. The highest BCUT2D eigenvalue weighted by Gasteiger charge is 2.34. The van der Waals surface area contributed by atoms with Crippen LogP contribution in [0.2, 0.25) is 0 Å². The summed E-state index contributed by atoms with van der Waals surface area (Å²) in [4.78, 5) is 31.6. The molecule has 0 bridgehead atoms. The summed E-state index contributed by atoms with van der Waals surface area (Å²) >= 11 is 2.24. The van der Waals surface area contributed by atoms with Gasteiger partial charge in [0.1, 0.15) is 17.2 Å². The number of carbonyl (C=O) groups excluding carboxylic acids is 1. The van der Waals surface area contributed by atoms with E-state index in [1.807, 2.05) is 0 Å². The Bertz CT molecular complexity index is 1360. The van der Waals surface area contributed by atoms with Gasteiger partial charge in [-0.1, -0.05) is 22.6 Å². The van der Waals surface area contributed by atoms with Gasteiger partial charge in [-0.2, -0.15) is 4.52 Å². The minimum atomic E-state index is -0.818. The van der Waals surface area contributed by atoms with Crippen LogP contribution >= 0.6 is 22.6 Å². The van der Waals surface area contributed by atoms with Crippen LogP contribution in [-0.2, 0) is 0 Å². The van der Waals surface area contributed by atoms with Gasteiger partial charge in [-0.3, -0.25) is 4.79 Å². The molecule has 1 amide bonds. The van der Waals surface area contributed by atoms with Gasteiger partial charge in [-0.15, -0.1) is 5.10 Å². The lowest BCUT2D eigenvalue weighted by Crippen LogP contribution is -2.43. The number of anilines is 1. The minimum absolute atomic E-state index is 0.00885. The molecule has 0 radical (unpaired) electrons. The molecule has 3 aromatic heterocycles. The van der Waals surface area contributed by atoms with Gasteiger partial charge in [0.05, 0.1) is 15.0 Å². The fourth-order valence-corrected chi connectivity index (χ4v) is 4.71. The lowest BCUT2D eigenvalue weighted by atomic mass is 9.97. The van der Waals surface area contributed by atoms with Crippen molar-refractivity contribution in [2.24, 2.45) is 0 Å². The molecule has 4 heterocycles. The second kappa shape index (κ2) is 7.83. The predicted octanol–water partition coefficient (Wildman–Crippen LogP) is 3.02. The summed E-state index contributed by atoms with van der Waals surface area (Å²) in [6.45, 7) is 2.13. The number of nitrogens with zero attached hydrogens (tertiary/aromatic N) is 7. The highest BCUT2D eigenvalue weighted by atomic mass is 127. The normalized spacial score (nSPS) is 19.1. The molecule has 2 atom stereocenters. The number of benzene rings is 1. The average molecular weight is 550 g/mol. The van der Waals surface area contributed by atoms with Crippen LogP contribution in [0.5, 0.6) is 0 Å². The van der Waals surface area contributed by atoms with E-state index in [0.717, 1.165) is 25.0 Å². The van der Waals surface area contributed by atoms with Crippen LogP contribution in [0, 0.1) is 18.6 Å². The van der Waals surface area contributed by atoms with Crippen LogP contribution in [-0.4, -0.2) is 51.0 Å². The Morgan fingerprint density at radius 1 is 1.19 bits per heavy atom. The monoisotopic (exact) mass is 550 g/mol. The number of piperidine rings is 1. The molecule has 0 aliphatic carbocycles. The number of halogens is 3. The van der Waals surface area contributed by atoms with Gasteiger partial charge in [0.15, 0.2) is 17.3 Å². The summed E-state index contributed by atoms with van der Waals surface area (Å²) in [7, 11) is 0. The first-order valence-electron chi connectivity index (χ1n) is 9.86. The third kappa shape index (κ3) is 3.51. The van der Waals surface area contributed by atoms with Crippen LogP contribution in [0.25, 0.3) is 16.6 Å².